The van der Waals surface area contributed by atoms with Crippen LogP contribution < -0.4 is 10.6 Å². The molecule has 5 nitrogen and oxygen atoms in total. The van der Waals surface area contributed by atoms with Gasteiger partial charge in [0.15, 0.2) is 17.5 Å². The van der Waals surface area contributed by atoms with E-state index < -0.39 is 35.0 Å². The van der Waals surface area contributed by atoms with Crippen LogP contribution in [-0.2, 0) is 9.59 Å². The second-order valence-electron chi connectivity index (χ2n) is 3.51. The van der Waals surface area contributed by atoms with Gasteiger partial charge in [-0.3, -0.25) is 9.59 Å². The third-order valence-corrected chi connectivity index (χ3v) is 2.11. The van der Waals surface area contributed by atoms with Crippen LogP contribution in [0.25, 0.3) is 0 Å². The van der Waals surface area contributed by atoms with Crippen LogP contribution in [0.3, 0.4) is 0 Å². The maximum Gasteiger partial charge on any atom is 0.313 e. The molecule has 2 amide bonds. The summed E-state index contributed by atoms with van der Waals surface area (Å²) < 4.78 is 38.7. The fourth-order valence-electron chi connectivity index (χ4n) is 1.16. The summed E-state index contributed by atoms with van der Waals surface area (Å²) in [7, 11) is 0. The van der Waals surface area contributed by atoms with E-state index in [9.17, 15) is 22.8 Å². The van der Waals surface area contributed by atoms with Crippen molar-refractivity contribution in [2.45, 2.75) is 6.42 Å². The Morgan fingerprint density at radius 1 is 1.11 bits per heavy atom. The molecule has 0 aliphatic carbocycles. The molecule has 0 atom stereocenters. The topological polar surface area (TPSA) is 78.4 Å². The van der Waals surface area contributed by atoms with Crippen molar-refractivity contribution in [3.8, 4) is 0 Å². The summed E-state index contributed by atoms with van der Waals surface area (Å²) in [4.78, 5) is 22.5. The minimum atomic E-state index is -1.74. The molecule has 0 heterocycles. The highest BCUT2D eigenvalue weighted by Crippen LogP contribution is 2.19. The number of nitrogens with one attached hydrogen (secondary N) is 2. The Bertz CT molecular complexity index is 494. The van der Waals surface area contributed by atoms with E-state index in [1.807, 2.05) is 5.32 Å². The Labute approximate surface area is 106 Å². The van der Waals surface area contributed by atoms with Crippen molar-refractivity contribution in [3.05, 3.63) is 29.6 Å². The largest absolute Gasteiger partial charge is 0.396 e. The molecule has 0 radical (unpaired) electrons. The van der Waals surface area contributed by atoms with Crippen molar-refractivity contribution < 1.29 is 27.9 Å². The van der Waals surface area contributed by atoms with E-state index in [-0.39, 0.29) is 19.6 Å². The minimum Gasteiger partial charge on any atom is -0.396 e. The number of aliphatic hydroxyl groups is 1. The van der Waals surface area contributed by atoms with Crippen LogP contribution in [0.5, 0.6) is 0 Å². The van der Waals surface area contributed by atoms with Crippen molar-refractivity contribution in [1.82, 2.24) is 5.32 Å². The third-order valence-electron chi connectivity index (χ3n) is 2.11. The van der Waals surface area contributed by atoms with Gasteiger partial charge < -0.3 is 15.7 Å². The van der Waals surface area contributed by atoms with E-state index in [2.05, 4.69) is 5.32 Å². The Hall–Kier alpha value is -2.09. The Morgan fingerprint density at radius 2 is 1.79 bits per heavy atom. The van der Waals surface area contributed by atoms with E-state index in [1.165, 1.54) is 0 Å². The van der Waals surface area contributed by atoms with Gasteiger partial charge in [-0.2, -0.15) is 0 Å². The number of hydrogen-bond acceptors (Lipinski definition) is 3. The maximum absolute atomic E-state index is 13.2. The highest BCUT2D eigenvalue weighted by molar-refractivity contribution is 6.39. The molecule has 0 spiro atoms. The molecule has 0 bridgehead atoms. The summed E-state index contributed by atoms with van der Waals surface area (Å²) in [6.07, 6.45) is 0.249. The van der Waals surface area contributed by atoms with Crippen molar-refractivity contribution in [2.75, 3.05) is 18.5 Å². The normalized spacial score (nSPS) is 10.1. The number of rotatable bonds is 4. The molecule has 0 saturated carbocycles. The molecule has 0 unspecified atom stereocenters. The zero-order valence-electron chi connectivity index (χ0n) is 9.67. The first-order valence-electron chi connectivity index (χ1n) is 5.31. The van der Waals surface area contributed by atoms with Gasteiger partial charge in [-0.1, -0.05) is 0 Å². The van der Waals surface area contributed by atoms with Crippen molar-refractivity contribution in [3.63, 3.8) is 0 Å². The van der Waals surface area contributed by atoms with E-state index in [4.69, 9.17) is 5.11 Å². The lowest BCUT2D eigenvalue weighted by atomic mass is 10.2. The average molecular weight is 276 g/mol. The summed E-state index contributed by atoms with van der Waals surface area (Å²) in [5.41, 5.74) is -0.638. The maximum atomic E-state index is 13.2. The van der Waals surface area contributed by atoms with Gasteiger partial charge in [0.05, 0.1) is 5.69 Å². The number of carbonyl (C=O) groups excluding carboxylic acids is 2. The van der Waals surface area contributed by atoms with Crippen LogP contribution in [0.1, 0.15) is 6.42 Å². The molecule has 1 aromatic carbocycles. The molecule has 19 heavy (non-hydrogen) atoms. The zero-order chi connectivity index (χ0) is 14.4. The van der Waals surface area contributed by atoms with Crippen LogP contribution in [0.15, 0.2) is 12.1 Å². The third kappa shape index (κ3) is 3.95. The first-order chi connectivity index (χ1) is 8.97. The molecule has 8 heteroatoms. The van der Waals surface area contributed by atoms with Crippen LogP contribution in [-0.4, -0.2) is 30.1 Å². The van der Waals surface area contributed by atoms with E-state index in [1.54, 1.807) is 0 Å². The molecule has 0 aliphatic rings. The summed E-state index contributed by atoms with van der Waals surface area (Å²) in [5.74, 6) is -7.02. The van der Waals surface area contributed by atoms with E-state index in [0.717, 1.165) is 6.07 Å². The van der Waals surface area contributed by atoms with Crippen LogP contribution in [0.4, 0.5) is 18.9 Å². The number of anilines is 1. The lowest BCUT2D eigenvalue weighted by molar-refractivity contribution is -0.136. The Balaban J connectivity index is 2.67. The van der Waals surface area contributed by atoms with Crippen molar-refractivity contribution in [2.24, 2.45) is 0 Å². The van der Waals surface area contributed by atoms with E-state index >= 15 is 0 Å². The number of halogens is 3. The number of benzene rings is 1. The monoisotopic (exact) mass is 276 g/mol. The molecule has 0 aromatic heterocycles. The minimum absolute atomic E-state index is 0.0585. The van der Waals surface area contributed by atoms with Crippen molar-refractivity contribution >= 4 is 17.5 Å². The lowest BCUT2D eigenvalue weighted by Crippen LogP contribution is -2.36. The van der Waals surface area contributed by atoms with Gasteiger partial charge in [0.25, 0.3) is 0 Å². The summed E-state index contributed by atoms with van der Waals surface area (Å²) in [6.45, 7) is -0.108. The molecule has 0 aliphatic heterocycles. The predicted octanol–water partition coefficient (Wildman–Crippen LogP) is 0.541. The van der Waals surface area contributed by atoms with Crippen LogP contribution in [0.2, 0.25) is 0 Å². The van der Waals surface area contributed by atoms with Gasteiger partial charge in [-0.15, -0.1) is 0 Å². The summed E-state index contributed by atoms with van der Waals surface area (Å²) >= 11 is 0. The van der Waals surface area contributed by atoms with Gasteiger partial charge in [-0.05, 0) is 18.6 Å². The number of amides is 2. The number of aliphatic hydroxyl groups excluding tert-OH is 1. The number of carbonyl (C=O) groups is 2. The molecule has 1 aromatic rings. The highest BCUT2D eigenvalue weighted by Gasteiger charge is 2.18. The quantitative estimate of drug-likeness (QED) is 0.427. The average Bonchev–Trinajstić information content (AvgIpc) is 2.39. The van der Waals surface area contributed by atoms with Crippen LogP contribution >= 0.6 is 0 Å². The summed E-state index contributed by atoms with van der Waals surface area (Å²) in [6, 6.07) is 1.42. The van der Waals surface area contributed by atoms with Gasteiger partial charge in [0, 0.05) is 13.2 Å². The fourth-order valence-corrected chi connectivity index (χ4v) is 1.16. The van der Waals surface area contributed by atoms with Gasteiger partial charge in [0.1, 0.15) is 0 Å². The predicted molar refractivity (Wildman–Crippen MR) is 59.7 cm³/mol. The van der Waals surface area contributed by atoms with Gasteiger partial charge in [-0.25, -0.2) is 13.2 Å². The first kappa shape index (κ1) is 15.0. The molecule has 0 fully saturated rings. The molecular formula is C11H11F3N2O3. The zero-order valence-corrected chi connectivity index (χ0v) is 9.67. The highest BCUT2D eigenvalue weighted by atomic mass is 19.2. The SMILES string of the molecule is O=C(NCCCO)C(=O)Nc1ccc(F)c(F)c1F. The molecular weight excluding hydrogens is 265 g/mol. The Kier molecular flexibility index (Phi) is 5.31. The van der Waals surface area contributed by atoms with Gasteiger partial charge >= 0.3 is 11.8 Å². The molecule has 3 N–H and O–H groups in total. The molecule has 104 valence electrons. The standard InChI is InChI=1S/C11H11F3N2O3/c12-6-2-3-7(9(14)8(6)13)16-11(19)10(18)15-4-1-5-17/h2-3,17H,1,4-5H2,(H,15,18)(H,16,19). The smallest absolute Gasteiger partial charge is 0.313 e. The second kappa shape index (κ2) is 6.74. The number of hydrogen-bond donors (Lipinski definition) is 3. The molecule has 0 saturated heterocycles. The fraction of sp³-hybridized carbons (Fsp3) is 0.273. The van der Waals surface area contributed by atoms with Gasteiger partial charge in [0.2, 0.25) is 0 Å². The van der Waals surface area contributed by atoms with Crippen LogP contribution in [0, 0.1) is 17.5 Å². The summed E-state index contributed by atoms with van der Waals surface area (Å²) in [5, 5.41) is 12.4. The first-order valence-corrected chi connectivity index (χ1v) is 5.31. The lowest BCUT2D eigenvalue weighted by Gasteiger charge is -2.07. The van der Waals surface area contributed by atoms with E-state index in [0.29, 0.717) is 6.07 Å². The molecule has 1 rings (SSSR count). The second-order valence-corrected chi connectivity index (χ2v) is 3.51. The van der Waals surface area contributed by atoms with Crippen molar-refractivity contribution in [1.29, 1.82) is 0 Å². The Morgan fingerprint density at radius 3 is 2.42 bits per heavy atom.